The lowest BCUT2D eigenvalue weighted by Crippen LogP contribution is -2.29. The van der Waals surface area contributed by atoms with E-state index in [2.05, 4.69) is 10.6 Å². The number of carbonyl (C=O) groups is 1. The van der Waals surface area contributed by atoms with Gasteiger partial charge in [0.25, 0.3) is 0 Å². The molecule has 0 aromatic carbocycles. The lowest BCUT2D eigenvalue weighted by Gasteiger charge is -2.23. The Bertz CT molecular complexity index is 298. The molecule has 0 bridgehead atoms. The summed E-state index contributed by atoms with van der Waals surface area (Å²) in [5.74, 6) is 3.56. The van der Waals surface area contributed by atoms with Gasteiger partial charge < -0.3 is 0 Å². The number of nitrogens with one attached hydrogen (secondary N) is 1. The van der Waals surface area contributed by atoms with Crippen molar-refractivity contribution in [1.82, 2.24) is 4.72 Å². The first-order valence-corrected chi connectivity index (χ1v) is 5.78. The monoisotopic (exact) mass is 189 g/mol. The third kappa shape index (κ3) is 1.80. The molecule has 70 valence electrons. The Balaban J connectivity index is 2.93. The van der Waals surface area contributed by atoms with E-state index in [1.165, 1.54) is 0 Å². The van der Waals surface area contributed by atoms with Gasteiger partial charge in [-0.2, -0.15) is 0 Å². The number of carbonyl (C=O) groups excluding carboxylic acids is 1. The van der Waals surface area contributed by atoms with E-state index in [0.717, 1.165) is 0 Å². The van der Waals surface area contributed by atoms with Crippen molar-refractivity contribution >= 4 is 21.5 Å². The van der Waals surface area contributed by atoms with Gasteiger partial charge in [0, 0.05) is 15.5 Å². The zero-order valence-corrected chi connectivity index (χ0v) is 8.53. The Morgan fingerprint density at radius 3 is 2.25 bits per heavy atom. The summed E-state index contributed by atoms with van der Waals surface area (Å²) in [4.78, 5) is 11.3. The van der Waals surface area contributed by atoms with Crippen molar-refractivity contribution in [1.29, 1.82) is 0 Å². The number of rotatable bonds is 0. The van der Waals surface area contributed by atoms with Gasteiger partial charge in [0.05, 0.1) is 5.92 Å². The molecule has 1 aliphatic rings. The average Bonchev–Trinajstić information content (AvgIpc) is 2.03. The van der Waals surface area contributed by atoms with Crippen LogP contribution >= 0.6 is 0 Å². The topological polar surface area (TPSA) is 46.2 Å². The van der Waals surface area contributed by atoms with Crippen molar-refractivity contribution in [3.8, 4) is 0 Å². The molecule has 1 heterocycles. The van der Waals surface area contributed by atoms with Crippen LogP contribution in [0, 0.1) is 11.3 Å². The Morgan fingerprint density at radius 1 is 1.58 bits per heavy atom. The van der Waals surface area contributed by atoms with Gasteiger partial charge in [0.15, 0.2) is 0 Å². The summed E-state index contributed by atoms with van der Waals surface area (Å²) in [6.07, 6.45) is 0. The molecule has 0 radical (unpaired) electrons. The first-order chi connectivity index (χ1) is 5.22. The molecular formula is C8H15NO2S. The predicted octanol–water partition coefficient (Wildman–Crippen LogP) is 0.410. The summed E-state index contributed by atoms with van der Waals surface area (Å²) in [5, 5.41) is 0. The standard InChI is InChI=1S/C8H15NO2S/c1-8(2,3)6-5-12(4,11)9-7(6)10/h6H,4-5H2,1-3H3,(H,9,10,11). The van der Waals surface area contributed by atoms with E-state index in [9.17, 15) is 9.00 Å². The van der Waals surface area contributed by atoms with Gasteiger partial charge in [-0.3, -0.25) is 9.52 Å². The van der Waals surface area contributed by atoms with Crippen LogP contribution in [0.4, 0.5) is 0 Å². The molecule has 12 heavy (non-hydrogen) atoms. The summed E-state index contributed by atoms with van der Waals surface area (Å²) in [6, 6.07) is 0. The fourth-order valence-electron chi connectivity index (χ4n) is 1.28. The molecule has 0 aromatic heterocycles. The summed E-state index contributed by atoms with van der Waals surface area (Å²) in [7, 11) is -2.33. The van der Waals surface area contributed by atoms with Crippen LogP contribution in [-0.2, 0) is 14.5 Å². The first-order valence-electron chi connectivity index (χ1n) is 3.89. The van der Waals surface area contributed by atoms with Crippen LogP contribution in [0.15, 0.2) is 0 Å². The molecule has 1 fully saturated rings. The molecule has 0 saturated carbocycles. The van der Waals surface area contributed by atoms with Gasteiger partial charge in [-0.05, 0) is 11.3 Å². The van der Waals surface area contributed by atoms with Crippen molar-refractivity contribution in [2.24, 2.45) is 11.3 Å². The molecule has 0 spiro atoms. The smallest absolute Gasteiger partial charge is 0.235 e. The fourth-order valence-corrected chi connectivity index (χ4v) is 3.07. The van der Waals surface area contributed by atoms with Crippen LogP contribution in [0.1, 0.15) is 20.8 Å². The molecule has 1 aliphatic heterocycles. The van der Waals surface area contributed by atoms with Crippen LogP contribution in [-0.4, -0.2) is 21.7 Å². The number of amides is 1. The van der Waals surface area contributed by atoms with Crippen molar-refractivity contribution in [3.05, 3.63) is 0 Å². The maximum Gasteiger partial charge on any atom is 0.235 e. The zero-order valence-electron chi connectivity index (χ0n) is 7.72. The van der Waals surface area contributed by atoms with Gasteiger partial charge in [0.2, 0.25) is 5.91 Å². The Labute approximate surface area is 73.7 Å². The van der Waals surface area contributed by atoms with E-state index < -0.39 is 9.71 Å². The van der Waals surface area contributed by atoms with Crippen LogP contribution in [0.3, 0.4) is 0 Å². The highest BCUT2D eigenvalue weighted by atomic mass is 32.2. The first kappa shape index (κ1) is 9.58. The maximum atomic E-state index is 11.4. The molecule has 1 rings (SSSR count). The minimum Gasteiger partial charge on any atom is -0.283 e. The Kier molecular flexibility index (Phi) is 1.98. The molecule has 0 aliphatic carbocycles. The Morgan fingerprint density at radius 2 is 2.08 bits per heavy atom. The lowest BCUT2D eigenvalue weighted by molar-refractivity contribution is -0.124. The minimum atomic E-state index is -2.33. The number of hydrogen-bond donors (Lipinski definition) is 1. The molecule has 2 atom stereocenters. The third-order valence-electron chi connectivity index (χ3n) is 2.08. The highest BCUT2D eigenvalue weighted by Gasteiger charge is 2.39. The van der Waals surface area contributed by atoms with E-state index in [1.54, 1.807) is 0 Å². The second kappa shape index (κ2) is 2.49. The van der Waals surface area contributed by atoms with E-state index in [4.69, 9.17) is 0 Å². The summed E-state index contributed by atoms with van der Waals surface area (Å²) in [5.41, 5.74) is -0.124. The van der Waals surface area contributed by atoms with Crippen LogP contribution in [0.25, 0.3) is 0 Å². The molecule has 4 heteroatoms. The molecule has 0 aromatic rings. The van der Waals surface area contributed by atoms with Crippen LogP contribution in [0.5, 0.6) is 0 Å². The predicted molar refractivity (Wildman–Crippen MR) is 51.2 cm³/mol. The second-order valence-corrected chi connectivity index (χ2v) is 6.52. The highest BCUT2D eigenvalue weighted by molar-refractivity contribution is 7.99. The van der Waals surface area contributed by atoms with Crippen LogP contribution < -0.4 is 4.72 Å². The summed E-state index contributed by atoms with van der Waals surface area (Å²) >= 11 is 0. The van der Waals surface area contributed by atoms with Crippen molar-refractivity contribution in [2.75, 3.05) is 5.75 Å². The van der Waals surface area contributed by atoms with E-state index in [0.29, 0.717) is 5.75 Å². The SMILES string of the molecule is C=S1(=O)CC(C(C)(C)C)C(=O)N1. The maximum absolute atomic E-state index is 11.4. The fraction of sp³-hybridized carbons (Fsp3) is 0.750. The molecule has 1 saturated heterocycles. The quantitative estimate of drug-likeness (QED) is 0.561. The molecule has 1 amide bonds. The molecule has 1 N–H and O–H groups in total. The highest BCUT2D eigenvalue weighted by Crippen LogP contribution is 2.30. The number of hydrogen-bond acceptors (Lipinski definition) is 2. The molecule has 2 unspecified atom stereocenters. The largest absolute Gasteiger partial charge is 0.283 e. The van der Waals surface area contributed by atoms with Crippen molar-refractivity contribution in [2.45, 2.75) is 20.8 Å². The van der Waals surface area contributed by atoms with Crippen molar-refractivity contribution < 1.29 is 9.00 Å². The van der Waals surface area contributed by atoms with Gasteiger partial charge >= 0.3 is 0 Å². The van der Waals surface area contributed by atoms with E-state index in [-0.39, 0.29) is 17.2 Å². The van der Waals surface area contributed by atoms with E-state index >= 15 is 0 Å². The van der Waals surface area contributed by atoms with E-state index in [1.807, 2.05) is 20.8 Å². The zero-order chi connectivity index (χ0) is 9.57. The second-order valence-electron chi connectivity index (χ2n) is 4.36. The van der Waals surface area contributed by atoms with Gasteiger partial charge in [-0.25, -0.2) is 4.21 Å². The van der Waals surface area contributed by atoms with Crippen molar-refractivity contribution in [3.63, 3.8) is 0 Å². The van der Waals surface area contributed by atoms with Gasteiger partial charge in [-0.1, -0.05) is 20.8 Å². The van der Waals surface area contributed by atoms with Crippen LogP contribution in [0.2, 0.25) is 0 Å². The summed E-state index contributed by atoms with van der Waals surface area (Å²) in [6.45, 7) is 5.91. The Hall–Kier alpha value is -0.510. The molecular weight excluding hydrogens is 174 g/mol. The lowest BCUT2D eigenvalue weighted by atomic mass is 9.82. The van der Waals surface area contributed by atoms with Gasteiger partial charge in [-0.15, -0.1) is 0 Å². The van der Waals surface area contributed by atoms with Gasteiger partial charge in [0.1, 0.15) is 0 Å². The summed E-state index contributed by atoms with van der Waals surface area (Å²) < 4.78 is 13.8. The third-order valence-corrected chi connectivity index (χ3v) is 3.53. The minimum absolute atomic E-state index is 0.123. The average molecular weight is 189 g/mol. The molecule has 3 nitrogen and oxygen atoms in total. The normalized spacial score (nSPS) is 36.6.